The summed E-state index contributed by atoms with van der Waals surface area (Å²) in [6, 6.07) is 41.0. The first-order valence-corrected chi connectivity index (χ1v) is 19.2. The molecule has 7 heteroatoms. The molecule has 276 valence electrons. The van der Waals surface area contributed by atoms with Crippen molar-refractivity contribution in [2.24, 2.45) is 0 Å². The van der Waals surface area contributed by atoms with Gasteiger partial charge in [0.15, 0.2) is 0 Å². The van der Waals surface area contributed by atoms with E-state index in [2.05, 4.69) is 96.8 Å². The highest BCUT2D eigenvalue weighted by Gasteiger charge is 2.54. The number of aliphatic hydroxyl groups excluding tert-OH is 1. The lowest BCUT2D eigenvalue weighted by molar-refractivity contribution is 0.234. The number of anilines is 4. The Kier molecular flexibility index (Phi) is 7.57. The van der Waals surface area contributed by atoms with E-state index in [0.29, 0.717) is 24.4 Å². The van der Waals surface area contributed by atoms with Gasteiger partial charge in [0.2, 0.25) is 0 Å². The molecule has 56 heavy (non-hydrogen) atoms. The second kappa shape index (κ2) is 12.5. The number of benzene rings is 7. The highest BCUT2D eigenvalue weighted by Crippen LogP contribution is 2.64. The fourth-order valence-corrected chi connectivity index (χ4v) is 9.84. The molecule has 11 rings (SSSR count). The molecule has 8 aromatic rings. The van der Waals surface area contributed by atoms with Crippen molar-refractivity contribution in [3.05, 3.63) is 166 Å². The molecule has 3 aliphatic carbocycles. The first-order chi connectivity index (χ1) is 27.2. The minimum atomic E-state index is -0.840. The molecule has 0 unspecified atom stereocenters. The van der Waals surface area contributed by atoms with Crippen LogP contribution in [0.3, 0.4) is 0 Å². The lowest BCUT2D eigenvalue weighted by Gasteiger charge is -2.52. The molecule has 0 aliphatic heterocycles. The molecule has 0 atom stereocenters. The standard InChI is InChI=1S/C49H43N5O2/c1-27-8-17-40(49-41-23-29(50)10-14-35(41)46(36-15-11-30(51)24-42(36)49)37-6-4-7-43(52)48(37)49)47-33(27)13-9-28-22-38(44-25-31(54(2)3)18-19-53-44)34-16-12-32(56-21-5-20-55)26-39(34)45(28)47/h4,6-19,22-26,46,55H,5,20-21,50-52H2,1-3H3. The third kappa shape index (κ3) is 4.70. The summed E-state index contributed by atoms with van der Waals surface area (Å²) in [6.45, 7) is 2.66. The van der Waals surface area contributed by atoms with Gasteiger partial charge in [-0.1, -0.05) is 48.5 Å². The molecule has 3 aliphatic rings. The topological polar surface area (TPSA) is 124 Å². The van der Waals surface area contributed by atoms with Gasteiger partial charge in [-0.15, -0.1) is 0 Å². The number of nitrogens with two attached hydrogens (primary N) is 3. The first kappa shape index (κ1) is 34.0. The molecule has 0 amide bonds. The predicted molar refractivity (Wildman–Crippen MR) is 231 cm³/mol. The summed E-state index contributed by atoms with van der Waals surface area (Å²) in [5.41, 5.74) is 34.3. The molecular weight excluding hydrogens is 691 g/mol. The maximum Gasteiger partial charge on any atom is 0.119 e. The van der Waals surface area contributed by atoms with E-state index in [1.807, 2.05) is 50.6 Å². The van der Waals surface area contributed by atoms with Crippen LogP contribution in [0.2, 0.25) is 0 Å². The van der Waals surface area contributed by atoms with Gasteiger partial charge >= 0.3 is 0 Å². The Morgan fingerprint density at radius 1 is 0.714 bits per heavy atom. The monoisotopic (exact) mass is 733 g/mol. The van der Waals surface area contributed by atoms with Crippen LogP contribution < -0.4 is 26.8 Å². The van der Waals surface area contributed by atoms with Crippen LogP contribution in [0.4, 0.5) is 22.7 Å². The minimum absolute atomic E-state index is 0.0116. The molecule has 1 aromatic heterocycles. The number of aliphatic hydroxyl groups is 1. The zero-order valence-corrected chi connectivity index (χ0v) is 31.7. The van der Waals surface area contributed by atoms with Gasteiger partial charge in [0.05, 0.1) is 17.7 Å². The minimum Gasteiger partial charge on any atom is -0.493 e. The van der Waals surface area contributed by atoms with Crippen LogP contribution >= 0.6 is 0 Å². The average molecular weight is 734 g/mol. The van der Waals surface area contributed by atoms with Crippen LogP contribution in [0.25, 0.3) is 43.6 Å². The number of rotatable bonds is 7. The quantitative estimate of drug-likeness (QED) is 0.0732. The fourth-order valence-electron chi connectivity index (χ4n) is 9.84. The SMILES string of the molecule is Cc1ccc(C23c4cc(N)ccc4C(c4ccc(N)cc42)c2cccc(N)c23)c2c1ccc1cc(-c3cc(N(C)C)ccn3)c3ccc(OCCCO)cc3c12. The molecule has 0 spiro atoms. The van der Waals surface area contributed by atoms with Gasteiger partial charge in [0.1, 0.15) is 5.75 Å². The molecule has 2 bridgehead atoms. The Labute approximate surface area is 326 Å². The van der Waals surface area contributed by atoms with Gasteiger partial charge in [0, 0.05) is 67.6 Å². The lowest BCUT2D eigenvalue weighted by Crippen LogP contribution is -2.44. The number of hydrogen-bond acceptors (Lipinski definition) is 7. The van der Waals surface area contributed by atoms with Crippen molar-refractivity contribution >= 4 is 55.1 Å². The van der Waals surface area contributed by atoms with E-state index < -0.39 is 5.41 Å². The van der Waals surface area contributed by atoms with E-state index in [9.17, 15) is 5.11 Å². The highest BCUT2D eigenvalue weighted by molar-refractivity contribution is 6.25. The van der Waals surface area contributed by atoms with Crippen LogP contribution in [0.1, 0.15) is 56.8 Å². The Balaban J connectivity index is 1.41. The number of fused-ring (bicyclic) bond motifs is 5. The summed E-state index contributed by atoms with van der Waals surface area (Å²) in [6.07, 6.45) is 2.42. The van der Waals surface area contributed by atoms with Crippen molar-refractivity contribution in [3.8, 4) is 17.0 Å². The third-order valence-electron chi connectivity index (χ3n) is 12.2. The summed E-state index contributed by atoms with van der Waals surface area (Å²) in [4.78, 5) is 7.01. The van der Waals surface area contributed by atoms with Crippen molar-refractivity contribution in [2.45, 2.75) is 24.7 Å². The average Bonchev–Trinajstić information content (AvgIpc) is 3.20. The van der Waals surface area contributed by atoms with Crippen molar-refractivity contribution in [2.75, 3.05) is 49.4 Å². The Morgan fingerprint density at radius 3 is 2.20 bits per heavy atom. The largest absolute Gasteiger partial charge is 0.493 e. The van der Waals surface area contributed by atoms with E-state index in [1.165, 1.54) is 22.3 Å². The molecule has 0 saturated carbocycles. The Morgan fingerprint density at radius 2 is 1.46 bits per heavy atom. The molecule has 0 fully saturated rings. The van der Waals surface area contributed by atoms with Crippen molar-refractivity contribution in [3.63, 3.8) is 0 Å². The van der Waals surface area contributed by atoms with Crippen LogP contribution in [0.15, 0.2) is 121 Å². The molecule has 0 saturated heterocycles. The maximum atomic E-state index is 9.58. The van der Waals surface area contributed by atoms with Crippen molar-refractivity contribution < 1.29 is 9.84 Å². The number of pyridine rings is 1. The molecule has 1 heterocycles. The van der Waals surface area contributed by atoms with E-state index in [1.54, 1.807) is 0 Å². The number of hydrogen-bond donors (Lipinski definition) is 4. The van der Waals surface area contributed by atoms with Crippen LogP contribution in [-0.2, 0) is 5.41 Å². The molecule has 7 N–H and O–H groups in total. The van der Waals surface area contributed by atoms with E-state index in [4.69, 9.17) is 26.9 Å². The number of nitrogen functional groups attached to an aromatic ring is 3. The van der Waals surface area contributed by atoms with Crippen molar-refractivity contribution in [1.82, 2.24) is 4.98 Å². The van der Waals surface area contributed by atoms with E-state index >= 15 is 0 Å². The number of nitrogens with zero attached hydrogens (tertiary/aromatic N) is 2. The van der Waals surface area contributed by atoms with E-state index in [-0.39, 0.29) is 12.5 Å². The summed E-state index contributed by atoms with van der Waals surface area (Å²) in [5.74, 6) is 0.732. The number of aromatic nitrogens is 1. The second-order valence-corrected chi connectivity index (χ2v) is 15.6. The maximum absolute atomic E-state index is 9.58. The molecule has 7 nitrogen and oxygen atoms in total. The van der Waals surface area contributed by atoms with Gasteiger partial charge in [-0.3, -0.25) is 4.98 Å². The van der Waals surface area contributed by atoms with E-state index in [0.717, 1.165) is 83.0 Å². The molecule has 0 radical (unpaired) electrons. The zero-order chi connectivity index (χ0) is 38.5. The lowest BCUT2D eigenvalue weighted by atomic mass is 9.50. The second-order valence-electron chi connectivity index (χ2n) is 15.6. The van der Waals surface area contributed by atoms with Crippen molar-refractivity contribution in [1.29, 1.82) is 0 Å². The van der Waals surface area contributed by atoms with Gasteiger partial charge in [-0.25, -0.2) is 0 Å². The number of aryl methyl sites for hydroxylation is 1. The normalized spacial score (nSPS) is 16.5. The van der Waals surface area contributed by atoms with Gasteiger partial charge in [-0.2, -0.15) is 0 Å². The molecule has 7 aromatic carbocycles. The highest BCUT2D eigenvalue weighted by atomic mass is 16.5. The van der Waals surface area contributed by atoms with Gasteiger partial charge < -0.3 is 31.9 Å². The van der Waals surface area contributed by atoms with Crippen LogP contribution in [-0.4, -0.2) is 37.4 Å². The summed E-state index contributed by atoms with van der Waals surface area (Å²) in [7, 11) is 4.09. The summed E-state index contributed by atoms with van der Waals surface area (Å²) >= 11 is 0. The van der Waals surface area contributed by atoms with Gasteiger partial charge in [0.25, 0.3) is 0 Å². The smallest absolute Gasteiger partial charge is 0.119 e. The van der Waals surface area contributed by atoms with Crippen LogP contribution in [0, 0.1) is 6.92 Å². The Hall–Kier alpha value is -6.57. The summed E-state index contributed by atoms with van der Waals surface area (Å²) in [5, 5.41) is 16.2. The third-order valence-corrected chi connectivity index (χ3v) is 12.2. The Bertz CT molecular complexity index is 2880. The summed E-state index contributed by atoms with van der Waals surface area (Å²) < 4.78 is 6.28. The van der Waals surface area contributed by atoms with Gasteiger partial charge in [-0.05, 0) is 150 Å². The predicted octanol–water partition coefficient (Wildman–Crippen LogP) is 9.28. The number of ether oxygens (including phenoxy) is 1. The fraction of sp³-hybridized carbons (Fsp3) is 0.163. The zero-order valence-electron chi connectivity index (χ0n) is 31.7. The first-order valence-electron chi connectivity index (χ1n) is 19.2. The molecular formula is C49H43N5O2. The van der Waals surface area contributed by atoms with Crippen LogP contribution in [0.5, 0.6) is 5.75 Å².